The topological polar surface area (TPSA) is 87.1 Å². The van der Waals surface area contributed by atoms with Gasteiger partial charge in [-0.15, -0.1) is 0 Å². The van der Waals surface area contributed by atoms with E-state index in [1.165, 1.54) is 0 Å². The molecule has 0 radical (unpaired) electrons. The second kappa shape index (κ2) is 9.22. The molecule has 0 aliphatic carbocycles. The summed E-state index contributed by atoms with van der Waals surface area (Å²) in [5, 5.41) is 11.5. The Morgan fingerprint density at radius 3 is 2.71 bits per heavy atom. The van der Waals surface area contributed by atoms with Crippen LogP contribution in [0, 0.1) is 6.92 Å². The first-order valence-corrected chi connectivity index (χ1v) is 10.6. The summed E-state index contributed by atoms with van der Waals surface area (Å²) in [6, 6.07) is 10.9. The summed E-state index contributed by atoms with van der Waals surface area (Å²) in [4.78, 5) is 12.5. The number of amides is 1. The maximum absolute atomic E-state index is 12.5. The third-order valence-electron chi connectivity index (χ3n) is 4.81. The van der Waals surface area contributed by atoms with Crippen molar-refractivity contribution in [3.8, 4) is 5.75 Å². The minimum Gasteiger partial charge on any atom is -0.486 e. The number of nitrogens with one attached hydrogen (secondary N) is 1. The SMILES string of the molecule is CCn1ncc(Cn2cc(NC(=O)c3ccc(COc4ccc(Br)cc4)o3)cn2)c1C. The normalized spacial score (nSPS) is 10.9. The summed E-state index contributed by atoms with van der Waals surface area (Å²) in [7, 11) is 0. The molecule has 160 valence electrons. The molecule has 0 bridgehead atoms. The lowest BCUT2D eigenvalue weighted by Gasteiger charge is -2.04. The van der Waals surface area contributed by atoms with Crippen molar-refractivity contribution < 1.29 is 13.9 Å². The van der Waals surface area contributed by atoms with Crippen molar-refractivity contribution >= 4 is 27.5 Å². The lowest BCUT2D eigenvalue weighted by Crippen LogP contribution is -2.10. The average Bonchev–Trinajstić information content (AvgIpc) is 3.49. The number of furan rings is 1. The molecular weight excluding hydrogens is 462 g/mol. The standard InChI is InChI=1S/C22H22BrN5O3/c1-3-28-15(2)16(10-25-28)12-27-13-18(11-24-27)26-22(29)21-9-8-20(31-21)14-30-19-6-4-17(23)5-7-19/h4-11,13H,3,12,14H2,1-2H3,(H,26,29). The Hall–Kier alpha value is -3.33. The molecular formula is C22H22BrN5O3. The van der Waals surface area contributed by atoms with Crippen LogP contribution in [0.3, 0.4) is 0 Å². The molecule has 3 heterocycles. The minimum atomic E-state index is -0.343. The van der Waals surface area contributed by atoms with Crippen molar-refractivity contribution in [3.05, 3.63) is 82.2 Å². The highest BCUT2D eigenvalue weighted by Crippen LogP contribution is 2.19. The number of hydrogen-bond acceptors (Lipinski definition) is 5. The minimum absolute atomic E-state index is 0.210. The van der Waals surface area contributed by atoms with Gasteiger partial charge in [0.05, 0.1) is 24.6 Å². The Labute approximate surface area is 187 Å². The largest absolute Gasteiger partial charge is 0.486 e. The molecule has 0 atom stereocenters. The van der Waals surface area contributed by atoms with Gasteiger partial charge in [0.25, 0.3) is 5.91 Å². The van der Waals surface area contributed by atoms with Crippen LogP contribution >= 0.6 is 15.9 Å². The molecule has 31 heavy (non-hydrogen) atoms. The maximum Gasteiger partial charge on any atom is 0.291 e. The Morgan fingerprint density at radius 2 is 1.97 bits per heavy atom. The van der Waals surface area contributed by atoms with E-state index >= 15 is 0 Å². The number of halogens is 1. The molecule has 1 N–H and O–H groups in total. The molecule has 0 fully saturated rings. The van der Waals surface area contributed by atoms with Crippen LogP contribution < -0.4 is 10.1 Å². The zero-order chi connectivity index (χ0) is 21.8. The summed E-state index contributed by atoms with van der Waals surface area (Å²) >= 11 is 3.38. The summed E-state index contributed by atoms with van der Waals surface area (Å²) in [6.45, 7) is 5.73. The summed E-state index contributed by atoms with van der Waals surface area (Å²) in [5.41, 5.74) is 2.79. The lowest BCUT2D eigenvalue weighted by atomic mass is 10.2. The van der Waals surface area contributed by atoms with E-state index in [9.17, 15) is 4.79 Å². The highest BCUT2D eigenvalue weighted by atomic mass is 79.9. The predicted octanol–water partition coefficient (Wildman–Crippen LogP) is 4.64. The van der Waals surface area contributed by atoms with E-state index in [2.05, 4.69) is 38.4 Å². The van der Waals surface area contributed by atoms with Gasteiger partial charge in [0, 0.05) is 28.5 Å². The van der Waals surface area contributed by atoms with Gasteiger partial charge < -0.3 is 14.5 Å². The van der Waals surface area contributed by atoms with Crippen molar-refractivity contribution in [2.24, 2.45) is 0 Å². The fraction of sp³-hybridized carbons (Fsp3) is 0.227. The van der Waals surface area contributed by atoms with Crippen LogP contribution in [0.25, 0.3) is 0 Å². The Balaban J connectivity index is 1.33. The first-order valence-electron chi connectivity index (χ1n) is 9.84. The lowest BCUT2D eigenvalue weighted by molar-refractivity contribution is 0.0992. The molecule has 8 nitrogen and oxygen atoms in total. The van der Waals surface area contributed by atoms with E-state index in [1.54, 1.807) is 29.2 Å². The highest BCUT2D eigenvalue weighted by molar-refractivity contribution is 9.10. The van der Waals surface area contributed by atoms with Crippen LogP contribution in [0.2, 0.25) is 0 Å². The van der Waals surface area contributed by atoms with E-state index in [4.69, 9.17) is 9.15 Å². The van der Waals surface area contributed by atoms with Crippen LogP contribution in [0.5, 0.6) is 5.75 Å². The van der Waals surface area contributed by atoms with Crippen LogP contribution in [0.1, 0.15) is 34.5 Å². The Kier molecular flexibility index (Phi) is 6.22. The number of aromatic nitrogens is 4. The fourth-order valence-electron chi connectivity index (χ4n) is 3.10. The van der Waals surface area contributed by atoms with Gasteiger partial charge in [-0.25, -0.2) is 0 Å². The number of carbonyl (C=O) groups is 1. The molecule has 0 spiro atoms. The summed E-state index contributed by atoms with van der Waals surface area (Å²) in [6.07, 6.45) is 5.23. The monoisotopic (exact) mass is 483 g/mol. The predicted molar refractivity (Wildman–Crippen MR) is 119 cm³/mol. The molecule has 0 aliphatic rings. The molecule has 4 aromatic rings. The summed E-state index contributed by atoms with van der Waals surface area (Å²) in [5.74, 6) is 1.15. The van der Waals surface area contributed by atoms with E-state index in [0.717, 1.165) is 28.0 Å². The molecule has 9 heteroatoms. The van der Waals surface area contributed by atoms with Crippen LogP contribution in [0.15, 0.2) is 63.9 Å². The van der Waals surface area contributed by atoms with Crippen LogP contribution in [-0.4, -0.2) is 25.5 Å². The molecule has 1 aromatic carbocycles. The zero-order valence-corrected chi connectivity index (χ0v) is 18.8. The quantitative estimate of drug-likeness (QED) is 0.394. The molecule has 1 amide bonds. The van der Waals surface area contributed by atoms with Gasteiger partial charge in [-0.3, -0.25) is 14.2 Å². The number of aryl methyl sites for hydroxylation is 1. The number of benzene rings is 1. The maximum atomic E-state index is 12.5. The Morgan fingerprint density at radius 1 is 1.16 bits per heavy atom. The van der Waals surface area contributed by atoms with Gasteiger partial charge >= 0.3 is 0 Å². The average molecular weight is 484 g/mol. The fourth-order valence-corrected chi connectivity index (χ4v) is 3.37. The number of anilines is 1. The van der Waals surface area contributed by atoms with Gasteiger partial charge in [-0.1, -0.05) is 15.9 Å². The van der Waals surface area contributed by atoms with Gasteiger partial charge in [-0.2, -0.15) is 10.2 Å². The van der Waals surface area contributed by atoms with Gasteiger partial charge in [-0.05, 0) is 50.2 Å². The molecule has 0 unspecified atom stereocenters. The van der Waals surface area contributed by atoms with Gasteiger partial charge in [0.15, 0.2) is 5.76 Å². The van der Waals surface area contributed by atoms with Gasteiger partial charge in [0.2, 0.25) is 0 Å². The highest BCUT2D eigenvalue weighted by Gasteiger charge is 2.14. The van der Waals surface area contributed by atoms with Crippen LogP contribution in [-0.2, 0) is 19.7 Å². The second-order valence-corrected chi connectivity index (χ2v) is 7.88. The Bertz CT molecular complexity index is 1180. The molecule has 0 saturated heterocycles. The molecule has 4 rings (SSSR count). The van der Waals surface area contributed by atoms with Crippen molar-refractivity contribution in [2.45, 2.75) is 33.5 Å². The van der Waals surface area contributed by atoms with E-state index in [1.807, 2.05) is 42.1 Å². The van der Waals surface area contributed by atoms with Crippen molar-refractivity contribution in [1.29, 1.82) is 0 Å². The van der Waals surface area contributed by atoms with Crippen molar-refractivity contribution in [3.63, 3.8) is 0 Å². The van der Waals surface area contributed by atoms with Crippen molar-refractivity contribution in [2.75, 3.05) is 5.32 Å². The number of rotatable bonds is 8. The number of ether oxygens (including phenoxy) is 1. The third kappa shape index (κ3) is 5.05. The number of carbonyl (C=O) groups excluding carboxylic acids is 1. The molecule has 3 aromatic heterocycles. The number of nitrogens with zero attached hydrogens (tertiary/aromatic N) is 4. The summed E-state index contributed by atoms with van der Waals surface area (Å²) < 4.78 is 16.0. The van der Waals surface area contributed by atoms with Crippen molar-refractivity contribution in [1.82, 2.24) is 19.6 Å². The van der Waals surface area contributed by atoms with E-state index < -0.39 is 0 Å². The third-order valence-corrected chi connectivity index (χ3v) is 5.34. The second-order valence-electron chi connectivity index (χ2n) is 6.96. The number of hydrogen-bond donors (Lipinski definition) is 1. The molecule has 0 saturated carbocycles. The first kappa shape index (κ1) is 20.9. The molecule has 0 aliphatic heterocycles. The van der Waals surface area contributed by atoms with E-state index in [-0.39, 0.29) is 18.3 Å². The zero-order valence-electron chi connectivity index (χ0n) is 17.2. The van der Waals surface area contributed by atoms with E-state index in [0.29, 0.717) is 18.0 Å². The first-order chi connectivity index (χ1) is 15.0. The van der Waals surface area contributed by atoms with Gasteiger partial charge in [0.1, 0.15) is 18.1 Å². The smallest absolute Gasteiger partial charge is 0.291 e. The van der Waals surface area contributed by atoms with Crippen LogP contribution in [0.4, 0.5) is 5.69 Å².